The highest BCUT2D eigenvalue weighted by Gasteiger charge is 2.25. The van der Waals surface area contributed by atoms with Crippen molar-refractivity contribution >= 4 is 5.69 Å². The summed E-state index contributed by atoms with van der Waals surface area (Å²) in [6.45, 7) is 10.7. The van der Waals surface area contributed by atoms with Gasteiger partial charge in [-0.2, -0.15) is 0 Å². The van der Waals surface area contributed by atoms with Gasteiger partial charge in [-0.3, -0.25) is 0 Å². The molecule has 0 bridgehead atoms. The van der Waals surface area contributed by atoms with E-state index in [1.54, 1.807) is 6.07 Å². The van der Waals surface area contributed by atoms with Crippen molar-refractivity contribution in [1.82, 2.24) is 0 Å². The van der Waals surface area contributed by atoms with Crippen molar-refractivity contribution < 1.29 is 19.1 Å². The summed E-state index contributed by atoms with van der Waals surface area (Å²) in [6.07, 6.45) is -0.525. The number of halogens is 1. The number of anilines is 1. The molecule has 152 valence electrons. The lowest BCUT2D eigenvalue weighted by molar-refractivity contribution is -0.903. The Kier molecular flexibility index (Phi) is 6.57. The molecule has 2 aromatic carbocycles. The van der Waals surface area contributed by atoms with E-state index in [-0.39, 0.29) is 17.8 Å². The Morgan fingerprint density at radius 3 is 2.39 bits per heavy atom. The minimum Gasteiger partial charge on any atom is -0.490 e. The molecular weight excluding hydrogens is 355 g/mol. The number of benzene rings is 2. The van der Waals surface area contributed by atoms with Crippen LogP contribution in [0.15, 0.2) is 48.5 Å². The van der Waals surface area contributed by atoms with Crippen LogP contribution in [0, 0.1) is 5.82 Å². The van der Waals surface area contributed by atoms with Gasteiger partial charge in [0, 0.05) is 0 Å². The van der Waals surface area contributed by atoms with Crippen LogP contribution >= 0.6 is 0 Å². The van der Waals surface area contributed by atoms with Crippen molar-refractivity contribution in [2.75, 3.05) is 44.2 Å². The Bertz CT molecular complexity index is 767. The van der Waals surface area contributed by atoms with Crippen molar-refractivity contribution in [3.8, 4) is 5.75 Å². The molecule has 1 aliphatic rings. The van der Waals surface area contributed by atoms with Gasteiger partial charge in [-0.05, 0) is 29.2 Å². The summed E-state index contributed by atoms with van der Waals surface area (Å²) < 4.78 is 19.9. The molecule has 5 heteroatoms. The predicted molar refractivity (Wildman–Crippen MR) is 111 cm³/mol. The van der Waals surface area contributed by atoms with Gasteiger partial charge in [0.25, 0.3) is 0 Å². The lowest BCUT2D eigenvalue weighted by atomic mass is 9.86. The van der Waals surface area contributed by atoms with Gasteiger partial charge >= 0.3 is 0 Å². The number of rotatable bonds is 6. The van der Waals surface area contributed by atoms with Crippen LogP contribution in [0.4, 0.5) is 10.1 Å². The van der Waals surface area contributed by atoms with Gasteiger partial charge < -0.3 is 19.6 Å². The molecule has 2 N–H and O–H groups in total. The van der Waals surface area contributed by atoms with Crippen LogP contribution < -0.4 is 14.5 Å². The number of nitrogens with zero attached hydrogens (tertiary/aromatic N) is 1. The smallest absolute Gasteiger partial charge is 0.146 e. The Hall–Kier alpha value is -2.11. The third-order valence-electron chi connectivity index (χ3n) is 5.31. The second kappa shape index (κ2) is 8.93. The van der Waals surface area contributed by atoms with E-state index in [1.165, 1.54) is 11.0 Å². The number of ether oxygens (including phenoxy) is 1. The van der Waals surface area contributed by atoms with Gasteiger partial charge in [0.1, 0.15) is 30.8 Å². The molecule has 28 heavy (non-hydrogen) atoms. The average molecular weight is 388 g/mol. The van der Waals surface area contributed by atoms with E-state index >= 15 is 0 Å². The molecule has 1 heterocycles. The number of quaternary nitrogens is 1. The van der Waals surface area contributed by atoms with E-state index < -0.39 is 6.10 Å². The van der Waals surface area contributed by atoms with E-state index in [1.807, 2.05) is 30.3 Å². The molecule has 0 spiro atoms. The molecule has 4 nitrogen and oxygen atoms in total. The zero-order valence-electron chi connectivity index (χ0n) is 17.1. The van der Waals surface area contributed by atoms with Crippen LogP contribution in [0.25, 0.3) is 0 Å². The van der Waals surface area contributed by atoms with Crippen molar-refractivity contribution in [3.63, 3.8) is 0 Å². The van der Waals surface area contributed by atoms with Crippen LogP contribution in [0.2, 0.25) is 0 Å². The summed E-state index contributed by atoms with van der Waals surface area (Å²) >= 11 is 0. The molecule has 0 aliphatic carbocycles. The SMILES string of the molecule is CC(C)(C)c1ccccc1OC[C@H](O)C[NH+]1CCN(c2ccccc2F)CC1. The summed E-state index contributed by atoms with van der Waals surface area (Å²) in [7, 11) is 0. The number of hydrogen-bond donors (Lipinski definition) is 2. The van der Waals surface area contributed by atoms with Gasteiger partial charge in [0.05, 0.1) is 31.9 Å². The van der Waals surface area contributed by atoms with Crippen LogP contribution in [-0.4, -0.2) is 50.5 Å². The van der Waals surface area contributed by atoms with Crippen LogP contribution in [0.1, 0.15) is 26.3 Å². The fourth-order valence-electron chi connectivity index (χ4n) is 3.77. The third-order valence-corrected chi connectivity index (χ3v) is 5.31. The normalized spacial score (nSPS) is 16.8. The fraction of sp³-hybridized carbons (Fsp3) is 0.478. The van der Waals surface area contributed by atoms with Crippen molar-refractivity contribution in [2.24, 2.45) is 0 Å². The molecule has 0 unspecified atom stereocenters. The molecule has 1 fully saturated rings. The lowest BCUT2D eigenvalue weighted by Gasteiger charge is -2.34. The Balaban J connectivity index is 1.48. The van der Waals surface area contributed by atoms with Gasteiger partial charge in [-0.25, -0.2) is 4.39 Å². The molecule has 0 radical (unpaired) electrons. The zero-order valence-corrected chi connectivity index (χ0v) is 17.1. The second-order valence-electron chi connectivity index (χ2n) is 8.60. The van der Waals surface area contributed by atoms with Gasteiger partial charge in [0.15, 0.2) is 0 Å². The summed E-state index contributed by atoms with van der Waals surface area (Å²) in [6, 6.07) is 14.9. The molecule has 2 aromatic rings. The lowest BCUT2D eigenvalue weighted by Crippen LogP contribution is -3.16. The van der Waals surface area contributed by atoms with Gasteiger partial charge in [-0.15, -0.1) is 0 Å². The molecule has 1 atom stereocenters. The third kappa shape index (κ3) is 5.24. The summed E-state index contributed by atoms with van der Waals surface area (Å²) in [5.41, 5.74) is 1.81. The molecule has 3 rings (SSSR count). The number of aliphatic hydroxyl groups is 1. The summed E-state index contributed by atoms with van der Waals surface area (Å²) in [5.74, 6) is 0.672. The maximum atomic E-state index is 14.0. The van der Waals surface area contributed by atoms with E-state index in [2.05, 4.69) is 31.7 Å². The fourth-order valence-corrected chi connectivity index (χ4v) is 3.77. The van der Waals surface area contributed by atoms with E-state index in [9.17, 15) is 9.50 Å². The monoisotopic (exact) mass is 387 g/mol. The maximum absolute atomic E-state index is 14.0. The van der Waals surface area contributed by atoms with E-state index in [0.717, 1.165) is 37.5 Å². The number of hydrogen-bond acceptors (Lipinski definition) is 3. The highest BCUT2D eigenvalue weighted by Crippen LogP contribution is 2.30. The highest BCUT2D eigenvalue weighted by atomic mass is 19.1. The van der Waals surface area contributed by atoms with E-state index in [4.69, 9.17) is 4.74 Å². The summed E-state index contributed by atoms with van der Waals surface area (Å²) in [4.78, 5) is 3.41. The first-order valence-corrected chi connectivity index (χ1v) is 10.1. The highest BCUT2D eigenvalue weighted by molar-refractivity contribution is 5.47. The average Bonchev–Trinajstić information content (AvgIpc) is 2.67. The number of aliphatic hydroxyl groups excluding tert-OH is 1. The zero-order chi connectivity index (χ0) is 20.1. The van der Waals surface area contributed by atoms with Crippen molar-refractivity contribution in [2.45, 2.75) is 32.3 Å². The quantitative estimate of drug-likeness (QED) is 0.799. The number of piperazine rings is 1. The summed E-state index contributed by atoms with van der Waals surface area (Å²) in [5, 5.41) is 10.5. The molecular formula is C23H32FN2O2+. The molecule has 1 saturated heterocycles. The first kappa shape index (κ1) is 20.6. The largest absolute Gasteiger partial charge is 0.490 e. The Morgan fingerprint density at radius 2 is 1.71 bits per heavy atom. The van der Waals surface area contributed by atoms with Gasteiger partial charge in [-0.1, -0.05) is 51.1 Å². The topological polar surface area (TPSA) is 37.1 Å². The minimum atomic E-state index is -0.525. The van der Waals surface area contributed by atoms with Crippen LogP contribution in [0.5, 0.6) is 5.75 Å². The Morgan fingerprint density at radius 1 is 1.07 bits per heavy atom. The molecule has 0 aromatic heterocycles. The van der Waals surface area contributed by atoms with Crippen molar-refractivity contribution in [3.05, 3.63) is 59.9 Å². The van der Waals surface area contributed by atoms with Gasteiger partial charge in [0.2, 0.25) is 0 Å². The Labute approximate surface area is 167 Å². The van der Waals surface area contributed by atoms with Crippen LogP contribution in [-0.2, 0) is 5.41 Å². The first-order valence-electron chi connectivity index (χ1n) is 10.1. The second-order valence-corrected chi connectivity index (χ2v) is 8.60. The molecule has 0 saturated carbocycles. The number of nitrogens with one attached hydrogen (secondary N) is 1. The maximum Gasteiger partial charge on any atom is 0.146 e. The standard InChI is InChI=1S/C23H31FN2O2/c1-23(2,3)19-8-4-7-11-22(19)28-17-18(27)16-25-12-14-26(15-13-25)21-10-6-5-9-20(21)24/h4-11,18,27H,12-17H2,1-3H3/p+1/t18-/m1/s1. The first-order chi connectivity index (χ1) is 13.3. The molecule has 0 amide bonds. The number of para-hydroxylation sites is 2. The van der Waals surface area contributed by atoms with Crippen LogP contribution in [0.3, 0.4) is 0 Å². The molecule has 1 aliphatic heterocycles. The minimum absolute atomic E-state index is 0.00413. The predicted octanol–water partition coefficient (Wildman–Crippen LogP) is 2.27. The van der Waals surface area contributed by atoms with Crippen molar-refractivity contribution in [1.29, 1.82) is 0 Å². The van der Waals surface area contributed by atoms with E-state index in [0.29, 0.717) is 12.2 Å².